The number of hydrogen-bond acceptors (Lipinski definition) is 5. The topological polar surface area (TPSA) is 100 Å². The fourth-order valence-corrected chi connectivity index (χ4v) is 5.59. The van der Waals surface area contributed by atoms with E-state index in [0.29, 0.717) is 6.54 Å². The van der Waals surface area contributed by atoms with Crippen molar-refractivity contribution >= 4 is 11.6 Å². The highest BCUT2D eigenvalue weighted by Crippen LogP contribution is 2.41. The van der Waals surface area contributed by atoms with Crippen LogP contribution in [-0.2, 0) is 10.2 Å². The first-order chi connectivity index (χ1) is 16.4. The van der Waals surface area contributed by atoms with Gasteiger partial charge in [0.2, 0.25) is 5.91 Å². The molecule has 2 unspecified atom stereocenters. The van der Waals surface area contributed by atoms with E-state index in [1.807, 2.05) is 12.1 Å². The van der Waals surface area contributed by atoms with Gasteiger partial charge in [0.25, 0.3) is 0 Å². The van der Waals surface area contributed by atoms with Gasteiger partial charge in [-0.25, -0.2) is 8.78 Å². The zero-order valence-electron chi connectivity index (χ0n) is 19.4. The largest absolute Gasteiger partial charge is 0.374 e. The summed E-state index contributed by atoms with van der Waals surface area (Å²) in [5.41, 5.74) is 7.51. The third-order valence-electron chi connectivity index (χ3n) is 7.76. The van der Waals surface area contributed by atoms with Crippen molar-refractivity contribution in [2.24, 2.45) is 17.6 Å². The lowest BCUT2D eigenvalue weighted by Gasteiger charge is -2.35. The van der Waals surface area contributed by atoms with Crippen LogP contribution in [0.25, 0.3) is 0 Å². The number of nitrogens with two attached hydrogens (primary N) is 1. The molecule has 2 saturated carbocycles. The molecule has 2 aromatic rings. The molecule has 0 spiro atoms. The van der Waals surface area contributed by atoms with Crippen LogP contribution in [0.3, 0.4) is 0 Å². The van der Waals surface area contributed by atoms with E-state index < -0.39 is 23.9 Å². The third-order valence-corrected chi connectivity index (χ3v) is 7.76. The van der Waals surface area contributed by atoms with Crippen LogP contribution < -0.4 is 16.4 Å². The summed E-state index contributed by atoms with van der Waals surface area (Å²) in [4.78, 5) is 16.9. The number of nitrogens with one attached hydrogen (secondary N) is 2. The van der Waals surface area contributed by atoms with Gasteiger partial charge in [-0.1, -0.05) is 18.9 Å². The Balaban J connectivity index is 1.29. The fourth-order valence-electron chi connectivity index (χ4n) is 5.59. The van der Waals surface area contributed by atoms with E-state index in [4.69, 9.17) is 5.73 Å². The van der Waals surface area contributed by atoms with Crippen molar-refractivity contribution < 1.29 is 18.7 Å². The minimum atomic E-state index is -0.861. The number of amides is 1. The van der Waals surface area contributed by atoms with E-state index in [1.54, 1.807) is 18.5 Å². The van der Waals surface area contributed by atoms with Crippen molar-refractivity contribution in [3.63, 3.8) is 0 Å². The van der Waals surface area contributed by atoms with Gasteiger partial charge in [0.1, 0.15) is 6.23 Å². The molecule has 8 heteroatoms. The van der Waals surface area contributed by atoms with Crippen LogP contribution in [0.1, 0.15) is 56.9 Å². The molecule has 2 atom stereocenters. The van der Waals surface area contributed by atoms with Crippen LogP contribution in [-0.4, -0.2) is 34.8 Å². The van der Waals surface area contributed by atoms with Crippen LogP contribution in [0, 0.1) is 23.5 Å². The van der Waals surface area contributed by atoms with E-state index in [0.717, 1.165) is 68.7 Å². The minimum absolute atomic E-state index is 0.0483. The number of aromatic nitrogens is 1. The van der Waals surface area contributed by atoms with Gasteiger partial charge in [-0.2, -0.15) is 0 Å². The van der Waals surface area contributed by atoms with Crippen molar-refractivity contribution in [1.29, 1.82) is 0 Å². The summed E-state index contributed by atoms with van der Waals surface area (Å²) in [5.74, 6) is -1.78. The molecule has 184 valence electrons. The number of carbonyl (C=O) groups is 1. The van der Waals surface area contributed by atoms with E-state index in [-0.39, 0.29) is 23.2 Å². The Kier molecular flexibility index (Phi) is 7.78. The van der Waals surface area contributed by atoms with Crippen molar-refractivity contribution in [2.45, 2.75) is 69.1 Å². The molecule has 1 amide bonds. The summed E-state index contributed by atoms with van der Waals surface area (Å²) >= 11 is 0. The quantitative estimate of drug-likeness (QED) is 0.437. The Labute approximate surface area is 199 Å². The molecule has 0 aliphatic heterocycles. The third kappa shape index (κ3) is 5.55. The molecule has 5 N–H and O–H groups in total. The standard InChI is InChI=1S/C26H34F2N4O2/c27-21-8-7-19(15-22(21)28)26(11-1-2-12-26)16-31-25(34)23(29)17-3-5-18(6-4-17)24(33)32-20-9-13-30-14-10-20/h7-10,13-15,17-18,23-24,33H,1-6,11-12,16,29H2,(H,30,32)(H,31,34). The molecule has 2 aliphatic rings. The molecule has 34 heavy (non-hydrogen) atoms. The van der Waals surface area contributed by atoms with Crippen LogP contribution in [0.15, 0.2) is 42.7 Å². The van der Waals surface area contributed by atoms with Crippen molar-refractivity contribution in [1.82, 2.24) is 10.3 Å². The number of aliphatic hydroxyl groups is 1. The van der Waals surface area contributed by atoms with Crippen LogP contribution >= 0.6 is 0 Å². The maximum absolute atomic E-state index is 13.9. The second-order valence-corrected chi connectivity index (χ2v) is 9.86. The first-order valence-electron chi connectivity index (χ1n) is 12.2. The maximum Gasteiger partial charge on any atom is 0.237 e. The fraction of sp³-hybridized carbons (Fsp3) is 0.538. The number of nitrogens with zero attached hydrogens (tertiary/aromatic N) is 1. The summed E-state index contributed by atoms with van der Waals surface area (Å²) in [5, 5.41) is 16.7. The first-order valence-corrected chi connectivity index (χ1v) is 12.2. The van der Waals surface area contributed by atoms with Gasteiger partial charge in [-0.15, -0.1) is 0 Å². The molecule has 1 aromatic heterocycles. The van der Waals surface area contributed by atoms with E-state index in [9.17, 15) is 18.7 Å². The molecular weight excluding hydrogens is 438 g/mol. The zero-order valence-corrected chi connectivity index (χ0v) is 19.4. The average molecular weight is 473 g/mol. The number of aliphatic hydroxyl groups excluding tert-OH is 1. The van der Waals surface area contributed by atoms with Crippen molar-refractivity contribution in [3.05, 3.63) is 59.9 Å². The molecule has 1 heterocycles. The zero-order chi connectivity index (χ0) is 24.1. The molecule has 6 nitrogen and oxygen atoms in total. The number of hydrogen-bond donors (Lipinski definition) is 4. The number of anilines is 1. The van der Waals surface area contributed by atoms with E-state index in [2.05, 4.69) is 15.6 Å². The van der Waals surface area contributed by atoms with Gasteiger partial charge in [0.05, 0.1) is 6.04 Å². The maximum atomic E-state index is 13.9. The Morgan fingerprint density at radius 2 is 1.71 bits per heavy atom. The van der Waals surface area contributed by atoms with Gasteiger partial charge in [-0.05, 0) is 74.3 Å². The molecule has 2 aliphatic carbocycles. The molecule has 4 rings (SSSR count). The first kappa shape index (κ1) is 24.5. The number of pyridine rings is 1. The smallest absolute Gasteiger partial charge is 0.237 e. The lowest BCUT2D eigenvalue weighted by Crippen LogP contribution is -2.50. The number of rotatable bonds is 8. The molecule has 2 fully saturated rings. The predicted octanol–water partition coefficient (Wildman–Crippen LogP) is 3.85. The van der Waals surface area contributed by atoms with Gasteiger partial charge >= 0.3 is 0 Å². The normalized spacial score (nSPS) is 23.8. The highest BCUT2D eigenvalue weighted by Gasteiger charge is 2.38. The van der Waals surface area contributed by atoms with Crippen molar-refractivity contribution in [3.8, 4) is 0 Å². The summed E-state index contributed by atoms with van der Waals surface area (Å²) in [7, 11) is 0. The van der Waals surface area contributed by atoms with Gasteiger partial charge < -0.3 is 21.5 Å². The minimum Gasteiger partial charge on any atom is -0.374 e. The lowest BCUT2D eigenvalue weighted by atomic mass is 9.77. The van der Waals surface area contributed by atoms with Crippen LogP contribution in [0.2, 0.25) is 0 Å². The predicted molar refractivity (Wildman–Crippen MR) is 127 cm³/mol. The molecule has 0 radical (unpaired) electrons. The number of carbonyl (C=O) groups excluding carboxylic acids is 1. The Morgan fingerprint density at radius 1 is 1.06 bits per heavy atom. The number of halogens is 2. The Morgan fingerprint density at radius 3 is 2.35 bits per heavy atom. The second-order valence-electron chi connectivity index (χ2n) is 9.86. The second kappa shape index (κ2) is 10.8. The summed E-state index contributed by atoms with van der Waals surface area (Å²) in [6, 6.07) is 7.05. The Bertz CT molecular complexity index is 961. The van der Waals surface area contributed by atoms with Crippen molar-refractivity contribution in [2.75, 3.05) is 11.9 Å². The van der Waals surface area contributed by atoms with Crippen LogP contribution in [0.4, 0.5) is 14.5 Å². The highest BCUT2D eigenvalue weighted by atomic mass is 19.2. The SMILES string of the molecule is NC(C(=O)NCC1(c2ccc(F)c(F)c2)CCCC1)C1CCC(C(O)Nc2ccncc2)CC1. The number of benzene rings is 1. The summed E-state index contributed by atoms with van der Waals surface area (Å²) in [6.45, 7) is 0.370. The van der Waals surface area contributed by atoms with Gasteiger partial charge in [0, 0.05) is 36.0 Å². The van der Waals surface area contributed by atoms with Gasteiger partial charge in [0.15, 0.2) is 11.6 Å². The van der Waals surface area contributed by atoms with Gasteiger partial charge in [-0.3, -0.25) is 9.78 Å². The molecule has 0 bridgehead atoms. The summed E-state index contributed by atoms with van der Waals surface area (Å²) < 4.78 is 27.3. The summed E-state index contributed by atoms with van der Waals surface area (Å²) in [6.07, 6.45) is 9.40. The Hall–Kier alpha value is -2.58. The lowest BCUT2D eigenvalue weighted by molar-refractivity contribution is -0.124. The molecule has 1 aromatic carbocycles. The molecular formula is C26H34F2N4O2. The highest BCUT2D eigenvalue weighted by molar-refractivity contribution is 5.82. The van der Waals surface area contributed by atoms with Crippen LogP contribution in [0.5, 0.6) is 0 Å². The molecule has 0 saturated heterocycles. The van der Waals surface area contributed by atoms with E-state index >= 15 is 0 Å². The van der Waals surface area contributed by atoms with E-state index in [1.165, 1.54) is 6.07 Å². The average Bonchev–Trinajstić information content (AvgIpc) is 3.34. The monoisotopic (exact) mass is 472 g/mol.